The normalized spacial score (nSPS) is 10.7. The standard InChI is InChI=1S/C19H13BrN4O3/c20-12-2-1-3-14(8-12)27-17-7-4-11(10-21-17)18(25)22-13-5-6-15-16(9-13)24-19(26)23-15/h1-10H,(H,22,25)(H2,23,24,26). The predicted molar refractivity (Wildman–Crippen MR) is 105 cm³/mol. The average molecular weight is 425 g/mol. The van der Waals surface area contributed by atoms with Gasteiger partial charge in [-0.3, -0.25) is 4.79 Å². The zero-order valence-electron chi connectivity index (χ0n) is 13.8. The number of carbonyl (C=O) groups is 1. The minimum absolute atomic E-state index is 0.293. The van der Waals surface area contributed by atoms with E-state index in [1.165, 1.54) is 6.20 Å². The van der Waals surface area contributed by atoms with Crippen LogP contribution in [-0.2, 0) is 0 Å². The van der Waals surface area contributed by atoms with Crippen molar-refractivity contribution in [2.75, 3.05) is 5.32 Å². The number of pyridine rings is 1. The molecular weight excluding hydrogens is 412 g/mol. The van der Waals surface area contributed by atoms with Crippen molar-refractivity contribution < 1.29 is 9.53 Å². The molecule has 4 aromatic rings. The van der Waals surface area contributed by atoms with Crippen molar-refractivity contribution in [2.45, 2.75) is 0 Å². The summed E-state index contributed by atoms with van der Waals surface area (Å²) in [5, 5.41) is 2.77. The number of nitrogens with zero attached hydrogens (tertiary/aromatic N) is 1. The molecule has 0 fully saturated rings. The van der Waals surface area contributed by atoms with Gasteiger partial charge in [0.2, 0.25) is 5.88 Å². The zero-order chi connectivity index (χ0) is 18.8. The van der Waals surface area contributed by atoms with Crippen molar-refractivity contribution in [3.63, 3.8) is 0 Å². The van der Waals surface area contributed by atoms with Gasteiger partial charge in [-0.25, -0.2) is 9.78 Å². The number of rotatable bonds is 4. The molecule has 0 aliphatic heterocycles. The van der Waals surface area contributed by atoms with E-state index in [-0.39, 0.29) is 11.6 Å². The molecule has 134 valence electrons. The molecule has 0 bridgehead atoms. The summed E-state index contributed by atoms with van der Waals surface area (Å²) in [6, 6.07) is 15.8. The Hall–Kier alpha value is -3.39. The van der Waals surface area contributed by atoms with E-state index in [1.807, 2.05) is 24.3 Å². The molecule has 7 nitrogen and oxygen atoms in total. The number of fused-ring (bicyclic) bond motifs is 1. The molecule has 8 heteroatoms. The summed E-state index contributed by atoms with van der Waals surface area (Å²) in [5.41, 5.74) is 1.96. The highest BCUT2D eigenvalue weighted by atomic mass is 79.9. The first-order valence-corrected chi connectivity index (χ1v) is 8.79. The van der Waals surface area contributed by atoms with Crippen LogP contribution in [0.15, 0.2) is 70.1 Å². The highest BCUT2D eigenvalue weighted by Crippen LogP contribution is 2.23. The molecule has 0 saturated carbocycles. The Labute approximate surface area is 161 Å². The third-order valence-electron chi connectivity index (χ3n) is 3.79. The summed E-state index contributed by atoms with van der Waals surface area (Å²) in [7, 11) is 0. The lowest BCUT2D eigenvalue weighted by Gasteiger charge is -2.07. The van der Waals surface area contributed by atoms with Crippen LogP contribution in [0.5, 0.6) is 11.6 Å². The first kappa shape index (κ1) is 17.0. The van der Waals surface area contributed by atoms with Crippen LogP contribution < -0.4 is 15.7 Å². The Morgan fingerprint density at radius 1 is 1.04 bits per heavy atom. The van der Waals surface area contributed by atoms with Gasteiger partial charge in [-0.05, 0) is 42.5 Å². The number of ether oxygens (including phenoxy) is 1. The summed E-state index contributed by atoms with van der Waals surface area (Å²) in [4.78, 5) is 33.2. The second-order valence-corrected chi connectivity index (χ2v) is 6.65. The first-order valence-electron chi connectivity index (χ1n) is 8.00. The molecule has 2 aromatic heterocycles. The highest BCUT2D eigenvalue weighted by Gasteiger charge is 2.09. The summed E-state index contributed by atoms with van der Waals surface area (Å²) in [6.45, 7) is 0. The van der Waals surface area contributed by atoms with Crippen LogP contribution >= 0.6 is 15.9 Å². The molecule has 0 atom stereocenters. The van der Waals surface area contributed by atoms with Crippen molar-refractivity contribution in [3.8, 4) is 11.6 Å². The summed E-state index contributed by atoms with van der Waals surface area (Å²) >= 11 is 3.38. The predicted octanol–water partition coefficient (Wildman–Crippen LogP) is 4.06. The van der Waals surface area contributed by atoms with Crippen LogP contribution in [0.4, 0.5) is 5.69 Å². The van der Waals surface area contributed by atoms with Gasteiger partial charge in [0.25, 0.3) is 5.91 Å². The summed E-state index contributed by atoms with van der Waals surface area (Å²) in [6.07, 6.45) is 1.44. The van der Waals surface area contributed by atoms with Gasteiger partial charge in [0.1, 0.15) is 5.75 Å². The van der Waals surface area contributed by atoms with Gasteiger partial charge in [0, 0.05) is 22.4 Å². The quantitative estimate of drug-likeness (QED) is 0.459. The fourth-order valence-electron chi connectivity index (χ4n) is 2.54. The monoisotopic (exact) mass is 424 g/mol. The number of carbonyl (C=O) groups excluding carboxylic acids is 1. The number of aromatic amines is 2. The lowest BCUT2D eigenvalue weighted by Crippen LogP contribution is -2.12. The van der Waals surface area contributed by atoms with E-state index in [0.29, 0.717) is 33.9 Å². The number of hydrogen-bond acceptors (Lipinski definition) is 4. The van der Waals surface area contributed by atoms with Crippen LogP contribution in [0.3, 0.4) is 0 Å². The van der Waals surface area contributed by atoms with Crippen molar-refractivity contribution in [1.29, 1.82) is 0 Å². The number of hydrogen-bond donors (Lipinski definition) is 3. The number of halogens is 1. The Morgan fingerprint density at radius 3 is 2.67 bits per heavy atom. The van der Waals surface area contributed by atoms with Crippen molar-refractivity contribution in [3.05, 3.63) is 81.3 Å². The Bertz CT molecular complexity index is 1180. The molecule has 0 spiro atoms. The second-order valence-electron chi connectivity index (χ2n) is 5.74. The Kier molecular flexibility index (Phi) is 4.47. The SMILES string of the molecule is O=C(Nc1ccc2[nH]c(=O)[nH]c2c1)c1ccc(Oc2cccc(Br)c2)nc1. The molecule has 27 heavy (non-hydrogen) atoms. The maximum Gasteiger partial charge on any atom is 0.323 e. The molecule has 0 aliphatic rings. The molecular formula is C19H13BrN4O3. The molecule has 0 saturated heterocycles. The lowest BCUT2D eigenvalue weighted by atomic mass is 10.2. The van der Waals surface area contributed by atoms with E-state index in [1.54, 1.807) is 30.3 Å². The fraction of sp³-hybridized carbons (Fsp3) is 0. The van der Waals surface area contributed by atoms with E-state index < -0.39 is 0 Å². The molecule has 1 amide bonds. The van der Waals surface area contributed by atoms with E-state index in [0.717, 1.165) is 4.47 Å². The van der Waals surface area contributed by atoms with Crippen molar-refractivity contribution in [2.24, 2.45) is 0 Å². The second kappa shape index (κ2) is 7.08. The van der Waals surface area contributed by atoms with Gasteiger partial charge in [-0.1, -0.05) is 22.0 Å². The third kappa shape index (κ3) is 3.90. The molecule has 2 aromatic carbocycles. The molecule has 2 heterocycles. The molecule has 0 unspecified atom stereocenters. The van der Waals surface area contributed by atoms with Crippen molar-refractivity contribution >= 4 is 38.6 Å². The molecule has 0 aliphatic carbocycles. The van der Waals surface area contributed by atoms with E-state index in [2.05, 4.69) is 36.2 Å². The number of amides is 1. The summed E-state index contributed by atoms with van der Waals surface area (Å²) in [5.74, 6) is 0.715. The number of H-pyrrole nitrogens is 2. The van der Waals surface area contributed by atoms with Gasteiger partial charge >= 0.3 is 5.69 Å². The molecule has 4 rings (SSSR count). The van der Waals surface area contributed by atoms with Crippen LogP contribution in [0.25, 0.3) is 11.0 Å². The van der Waals surface area contributed by atoms with Gasteiger partial charge < -0.3 is 20.0 Å². The maximum atomic E-state index is 12.4. The van der Waals surface area contributed by atoms with Gasteiger partial charge in [0.05, 0.1) is 16.6 Å². The topological polar surface area (TPSA) is 99.9 Å². The average Bonchev–Trinajstić information content (AvgIpc) is 3.01. The van der Waals surface area contributed by atoms with Crippen molar-refractivity contribution in [1.82, 2.24) is 15.0 Å². The van der Waals surface area contributed by atoms with Gasteiger partial charge in [-0.2, -0.15) is 0 Å². The molecule has 3 N–H and O–H groups in total. The third-order valence-corrected chi connectivity index (χ3v) is 4.28. The molecule has 0 radical (unpaired) electrons. The first-order chi connectivity index (χ1) is 13.1. The minimum Gasteiger partial charge on any atom is -0.439 e. The van der Waals surface area contributed by atoms with E-state index >= 15 is 0 Å². The van der Waals surface area contributed by atoms with E-state index in [4.69, 9.17) is 4.74 Å². The van der Waals surface area contributed by atoms with Gasteiger partial charge in [-0.15, -0.1) is 0 Å². The Morgan fingerprint density at radius 2 is 1.89 bits per heavy atom. The lowest BCUT2D eigenvalue weighted by molar-refractivity contribution is 0.102. The van der Waals surface area contributed by atoms with Crippen LogP contribution in [0, 0.1) is 0 Å². The number of imidazole rings is 1. The van der Waals surface area contributed by atoms with Crippen LogP contribution in [0.2, 0.25) is 0 Å². The largest absolute Gasteiger partial charge is 0.439 e. The Balaban J connectivity index is 1.47. The fourth-order valence-corrected chi connectivity index (χ4v) is 2.92. The number of benzene rings is 2. The minimum atomic E-state index is -0.311. The number of nitrogens with one attached hydrogen (secondary N) is 3. The van der Waals surface area contributed by atoms with Crippen LogP contribution in [-0.4, -0.2) is 20.9 Å². The zero-order valence-corrected chi connectivity index (χ0v) is 15.4. The van der Waals surface area contributed by atoms with Crippen LogP contribution in [0.1, 0.15) is 10.4 Å². The smallest absolute Gasteiger partial charge is 0.323 e. The van der Waals surface area contributed by atoms with E-state index in [9.17, 15) is 9.59 Å². The number of aromatic nitrogens is 3. The maximum absolute atomic E-state index is 12.4. The highest BCUT2D eigenvalue weighted by molar-refractivity contribution is 9.10. The summed E-state index contributed by atoms with van der Waals surface area (Å²) < 4.78 is 6.55. The number of anilines is 1. The van der Waals surface area contributed by atoms with Gasteiger partial charge in [0.15, 0.2) is 0 Å².